The molecule has 0 aromatic heterocycles. The van der Waals surface area contributed by atoms with Gasteiger partial charge in [0.2, 0.25) is 0 Å². The zero-order valence-electron chi connectivity index (χ0n) is 3.59. The van der Waals surface area contributed by atoms with Gasteiger partial charge in [-0.05, 0) is 6.92 Å². The van der Waals surface area contributed by atoms with Crippen molar-refractivity contribution in [3.8, 4) is 0 Å². The highest BCUT2D eigenvalue weighted by Crippen LogP contribution is 1.79. The summed E-state index contributed by atoms with van der Waals surface area (Å²) in [7, 11) is 0. The van der Waals surface area contributed by atoms with Gasteiger partial charge in [0.1, 0.15) is 6.10 Å². The summed E-state index contributed by atoms with van der Waals surface area (Å²) in [5, 5.41) is 15.7. The highest BCUT2D eigenvalue weighted by Gasteiger charge is 1.92. The Hall–Kier alpha value is -0.120. The van der Waals surface area contributed by atoms with E-state index in [2.05, 4.69) is 4.89 Å². The van der Waals surface area contributed by atoms with Crippen molar-refractivity contribution in [1.82, 2.24) is 0 Å². The van der Waals surface area contributed by atoms with Crippen molar-refractivity contribution in [3.63, 3.8) is 0 Å². The Labute approximate surface area is 36.1 Å². The van der Waals surface area contributed by atoms with Crippen LogP contribution >= 0.6 is 0 Å². The summed E-state index contributed by atoms with van der Waals surface area (Å²) in [6, 6.07) is 0. The lowest BCUT2D eigenvalue weighted by Gasteiger charge is -1.97. The SMILES string of the molecule is C[C@@H](CO)OO. The van der Waals surface area contributed by atoms with E-state index < -0.39 is 6.10 Å². The van der Waals surface area contributed by atoms with Crippen LogP contribution in [0.4, 0.5) is 0 Å². The molecule has 0 aromatic rings. The summed E-state index contributed by atoms with van der Waals surface area (Å²) in [4.78, 5) is 3.65. The molecule has 0 aliphatic carbocycles. The van der Waals surface area contributed by atoms with Gasteiger partial charge >= 0.3 is 0 Å². The van der Waals surface area contributed by atoms with Crippen LogP contribution in [0.1, 0.15) is 6.92 Å². The third kappa shape index (κ3) is 2.14. The molecule has 0 saturated heterocycles. The van der Waals surface area contributed by atoms with E-state index >= 15 is 0 Å². The van der Waals surface area contributed by atoms with Gasteiger partial charge < -0.3 is 5.11 Å². The number of rotatable bonds is 2. The smallest absolute Gasteiger partial charge is 0.113 e. The lowest BCUT2D eigenvalue weighted by Crippen LogP contribution is -2.09. The number of hydrogen-bond acceptors (Lipinski definition) is 3. The Morgan fingerprint density at radius 1 is 1.83 bits per heavy atom. The first-order valence-corrected chi connectivity index (χ1v) is 1.72. The zero-order valence-corrected chi connectivity index (χ0v) is 3.59. The largest absolute Gasteiger partial charge is 0.394 e. The Morgan fingerprint density at radius 3 is 2.33 bits per heavy atom. The van der Waals surface area contributed by atoms with Gasteiger partial charge in [-0.1, -0.05) is 0 Å². The van der Waals surface area contributed by atoms with E-state index in [1.54, 1.807) is 6.92 Å². The van der Waals surface area contributed by atoms with E-state index in [1.807, 2.05) is 0 Å². The van der Waals surface area contributed by atoms with Crippen molar-refractivity contribution in [2.75, 3.05) is 6.61 Å². The molecular weight excluding hydrogens is 84.0 g/mol. The van der Waals surface area contributed by atoms with Crippen molar-refractivity contribution in [1.29, 1.82) is 0 Å². The highest BCUT2D eigenvalue weighted by atomic mass is 17.1. The lowest BCUT2D eigenvalue weighted by atomic mass is 10.5. The van der Waals surface area contributed by atoms with E-state index in [-0.39, 0.29) is 6.61 Å². The summed E-state index contributed by atoms with van der Waals surface area (Å²) >= 11 is 0. The second-order valence-corrected chi connectivity index (χ2v) is 1.10. The Bertz CT molecular complexity index is 25.2. The molecule has 0 heterocycles. The van der Waals surface area contributed by atoms with Gasteiger partial charge in [0.15, 0.2) is 0 Å². The molecular formula is C3H8O3. The van der Waals surface area contributed by atoms with E-state index in [0.717, 1.165) is 0 Å². The third-order valence-electron chi connectivity index (χ3n) is 0.437. The van der Waals surface area contributed by atoms with Crippen LogP contribution < -0.4 is 0 Å². The molecule has 0 aliphatic rings. The van der Waals surface area contributed by atoms with Crippen molar-refractivity contribution in [3.05, 3.63) is 0 Å². The molecule has 6 heavy (non-hydrogen) atoms. The van der Waals surface area contributed by atoms with Gasteiger partial charge in [0, 0.05) is 0 Å². The predicted octanol–water partition coefficient (Wildman–Crippen LogP) is -0.143. The summed E-state index contributed by atoms with van der Waals surface area (Å²) in [6.07, 6.45) is -0.454. The minimum Gasteiger partial charge on any atom is -0.394 e. The average Bonchev–Trinajstić information content (AvgIpc) is 1.65. The van der Waals surface area contributed by atoms with Crippen molar-refractivity contribution >= 4 is 0 Å². The van der Waals surface area contributed by atoms with Gasteiger partial charge in [-0.3, -0.25) is 5.26 Å². The molecule has 0 aromatic carbocycles. The van der Waals surface area contributed by atoms with E-state index in [1.165, 1.54) is 0 Å². The van der Waals surface area contributed by atoms with Crippen LogP contribution in [0.25, 0.3) is 0 Å². The summed E-state index contributed by atoms with van der Waals surface area (Å²) < 4.78 is 0. The molecule has 0 saturated carbocycles. The van der Waals surface area contributed by atoms with E-state index in [9.17, 15) is 0 Å². The average molecular weight is 92.1 g/mol. The van der Waals surface area contributed by atoms with Gasteiger partial charge in [0.05, 0.1) is 6.61 Å². The second-order valence-electron chi connectivity index (χ2n) is 1.10. The first-order valence-electron chi connectivity index (χ1n) is 1.72. The molecule has 1 atom stereocenters. The Morgan fingerprint density at radius 2 is 2.33 bits per heavy atom. The normalized spacial score (nSPS) is 14.5. The quantitative estimate of drug-likeness (QED) is 0.368. The van der Waals surface area contributed by atoms with Crippen LogP contribution in [-0.4, -0.2) is 23.1 Å². The highest BCUT2D eigenvalue weighted by molar-refractivity contribution is 4.36. The molecule has 0 bridgehead atoms. The minimum absolute atomic E-state index is 0.142. The fourth-order valence-electron chi connectivity index (χ4n) is 0.0333. The summed E-state index contributed by atoms with van der Waals surface area (Å²) in [5.41, 5.74) is 0. The zero-order chi connectivity index (χ0) is 4.99. The standard InChI is InChI=1S/C3H8O3/c1-3(2-4)6-5/h3-5H,2H2,1H3/t3-/m0/s1. The van der Waals surface area contributed by atoms with Crippen molar-refractivity contribution in [2.24, 2.45) is 0 Å². The maximum atomic E-state index is 8.05. The molecule has 0 radical (unpaired) electrons. The topological polar surface area (TPSA) is 49.7 Å². The number of aliphatic hydroxyl groups excluding tert-OH is 1. The fourth-order valence-corrected chi connectivity index (χ4v) is 0.0333. The molecule has 38 valence electrons. The minimum atomic E-state index is -0.454. The predicted molar refractivity (Wildman–Crippen MR) is 20.3 cm³/mol. The van der Waals surface area contributed by atoms with Crippen molar-refractivity contribution in [2.45, 2.75) is 13.0 Å². The molecule has 0 unspecified atom stereocenters. The molecule has 3 nitrogen and oxygen atoms in total. The molecule has 0 aliphatic heterocycles. The Kier molecular flexibility index (Phi) is 3.02. The molecule has 0 rings (SSSR count). The third-order valence-corrected chi connectivity index (χ3v) is 0.437. The van der Waals surface area contributed by atoms with Crippen molar-refractivity contribution < 1.29 is 15.3 Å². The lowest BCUT2D eigenvalue weighted by molar-refractivity contribution is -0.279. The van der Waals surface area contributed by atoms with Crippen LogP contribution in [0.5, 0.6) is 0 Å². The molecule has 0 amide bonds. The maximum absolute atomic E-state index is 8.05. The molecule has 3 heteroatoms. The first kappa shape index (κ1) is 5.88. The van der Waals surface area contributed by atoms with Gasteiger partial charge in [-0.2, -0.15) is 0 Å². The Balaban J connectivity index is 2.75. The maximum Gasteiger partial charge on any atom is 0.113 e. The van der Waals surface area contributed by atoms with Gasteiger partial charge in [-0.15, -0.1) is 0 Å². The molecule has 2 N–H and O–H groups in total. The first-order chi connectivity index (χ1) is 2.81. The second kappa shape index (κ2) is 3.08. The van der Waals surface area contributed by atoms with Gasteiger partial charge in [-0.25, -0.2) is 4.89 Å². The monoisotopic (exact) mass is 92.0 g/mol. The molecule has 0 fully saturated rings. The van der Waals surface area contributed by atoms with Crippen LogP contribution in [0.15, 0.2) is 0 Å². The number of aliphatic hydroxyl groups is 1. The molecule has 0 spiro atoms. The van der Waals surface area contributed by atoms with Crippen LogP contribution in [0, 0.1) is 0 Å². The van der Waals surface area contributed by atoms with Crippen LogP contribution in [0.2, 0.25) is 0 Å². The fraction of sp³-hybridized carbons (Fsp3) is 1.00. The number of hydrogen-bond donors (Lipinski definition) is 2. The summed E-state index contributed by atoms with van der Waals surface area (Å²) in [6.45, 7) is 1.41. The van der Waals surface area contributed by atoms with Crippen LogP contribution in [0.3, 0.4) is 0 Å². The van der Waals surface area contributed by atoms with E-state index in [0.29, 0.717) is 0 Å². The van der Waals surface area contributed by atoms with Crippen LogP contribution in [-0.2, 0) is 4.89 Å². The van der Waals surface area contributed by atoms with Gasteiger partial charge in [0.25, 0.3) is 0 Å². The summed E-state index contributed by atoms with van der Waals surface area (Å²) in [5.74, 6) is 0. The van der Waals surface area contributed by atoms with E-state index in [4.69, 9.17) is 10.4 Å².